The summed E-state index contributed by atoms with van der Waals surface area (Å²) in [5.41, 5.74) is 0. The second-order valence-corrected chi connectivity index (χ2v) is 7.93. The van der Waals surface area contributed by atoms with Gasteiger partial charge in [0, 0.05) is 11.8 Å². The van der Waals surface area contributed by atoms with Gasteiger partial charge < -0.3 is 5.32 Å². The van der Waals surface area contributed by atoms with Crippen molar-refractivity contribution in [3.8, 4) is 0 Å². The minimum atomic E-state index is -3.62. The van der Waals surface area contributed by atoms with Crippen LogP contribution in [0.5, 0.6) is 0 Å². The zero-order chi connectivity index (χ0) is 15.5. The second kappa shape index (κ2) is 6.81. The molecule has 116 valence electrons. The molecule has 0 aromatic heterocycles. The highest BCUT2D eigenvalue weighted by molar-refractivity contribution is 8.00. The smallest absolute Gasteiger partial charge is 0.244 e. The fourth-order valence-electron chi connectivity index (χ4n) is 2.04. The van der Waals surface area contributed by atoms with Gasteiger partial charge in [-0.25, -0.2) is 8.42 Å². The molecule has 5 nitrogen and oxygen atoms in total. The summed E-state index contributed by atoms with van der Waals surface area (Å²) in [7, 11) is -3.62. The highest BCUT2D eigenvalue weighted by atomic mass is 32.2. The minimum absolute atomic E-state index is 0.0457. The number of nitrogens with zero attached hydrogens (tertiary/aromatic N) is 1. The van der Waals surface area contributed by atoms with Crippen LogP contribution in [-0.4, -0.2) is 42.3 Å². The van der Waals surface area contributed by atoms with Gasteiger partial charge in [0.25, 0.3) is 0 Å². The number of thioether (sulfide) groups is 1. The van der Waals surface area contributed by atoms with Crippen molar-refractivity contribution in [2.24, 2.45) is 0 Å². The van der Waals surface area contributed by atoms with Crippen LogP contribution in [0.1, 0.15) is 20.3 Å². The first kappa shape index (κ1) is 16.3. The molecule has 0 saturated carbocycles. The first-order valence-corrected chi connectivity index (χ1v) is 9.51. The van der Waals surface area contributed by atoms with E-state index in [0.717, 1.165) is 6.42 Å². The molecule has 1 aliphatic rings. The van der Waals surface area contributed by atoms with Crippen molar-refractivity contribution in [1.29, 1.82) is 0 Å². The SMILES string of the molecule is CC[C@@H](C)NC(=O)[C@H]1CSCN1S(=O)(=O)c1ccccc1. The highest BCUT2D eigenvalue weighted by Gasteiger charge is 2.40. The van der Waals surface area contributed by atoms with E-state index in [-0.39, 0.29) is 16.8 Å². The zero-order valence-corrected chi connectivity index (χ0v) is 13.8. The maximum absolute atomic E-state index is 12.6. The van der Waals surface area contributed by atoms with Crippen molar-refractivity contribution >= 4 is 27.7 Å². The monoisotopic (exact) mass is 328 g/mol. The highest BCUT2D eigenvalue weighted by Crippen LogP contribution is 2.28. The van der Waals surface area contributed by atoms with Crippen molar-refractivity contribution in [2.45, 2.75) is 37.2 Å². The molecule has 0 aliphatic carbocycles. The van der Waals surface area contributed by atoms with Gasteiger partial charge in [-0.2, -0.15) is 4.31 Å². The van der Waals surface area contributed by atoms with Gasteiger partial charge in [0.1, 0.15) is 6.04 Å². The van der Waals surface area contributed by atoms with E-state index in [1.807, 2.05) is 13.8 Å². The summed E-state index contributed by atoms with van der Waals surface area (Å²) in [6.45, 7) is 3.89. The molecule has 1 aliphatic heterocycles. The number of hydrogen-bond donors (Lipinski definition) is 1. The van der Waals surface area contributed by atoms with Gasteiger partial charge in [-0.3, -0.25) is 4.79 Å². The molecule has 0 radical (unpaired) electrons. The second-order valence-electron chi connectivity index (χ2n) is 5.04. The van der Waals surface area contributed by atoms with Crippen molar-refractivity contribution in [2.75, 3.05) is 11.6 Å². The van der Waals surface area contributed by atoms with Gasteiger partial charge in [0.2, 0.25) is 15.9 Å². The van der Waals surface area contributed by atoms with E-state index < -0.39 is 16.1 Å². The van der Waals surface area contributed by atoms with E-state index >= 15 is 0 Å². The van der Waals surface area contributed by atoms with Crippen molar-refractivity contribution < 1.29 is 13.2 Å². The molecule has 21 heavy (non-hydrogen) atoms. The van der Waals surface area contributed by atoms with Gasteiger partial charge in [-0.05, 0) is 25.5 Å². The molecule has 0 bridgehead atoms. The van der Waals surface area contributed by atoms with Crippen LogP contribution in [-0.2, 0) is 14.8 Å². The van der Waals surface area contributed by atoms with Crippen molar-refractivity contribution in [3.05, 3.63) is 30.3 Å². The number of carbonyl (C=O) groups excluding carboxylic acids is 1. The predicted octanol–water partition coefficient (Wildman–Crippen LogP) is 1.66. The van der Waals surface area contributed by atoms with Gasteiger partial charge in [-0.1, -0.05) is 25.1 Å². The summed E-state index contributed by atoms with van der Waals surface area (Å²) in [6, 6.07) is 7.67. The molecule has 1 fully saturated rings. The first-order valence-electron chi connectivity index (χ1n) is 6.91. The van der Waals surface area contributed by atoms with Crippen LogP contribution in [0.4, 0.5) is 0 Å². The molecule has 0 spiro atoms. The Balaban J connectivity index is 2.21. The average molecular weight is 328 g/mol. The molecule has 1 heterocycles. The summed E-state index contributed by atoms with van der Waals surface area (Å²) >= 11 is 1.46. The molecular formula is C14H20N2O3S2. The van der Waals surface area contributed by atoms with Crippen LogP contribution in [0.25, 0.3) is 0 Å². The van der Waals surface area contributed by atoms with Crippen LogP contribution >= 0.6 is 11.8 Å². The Morgan fingerprint density at radius 2 is 2.10 bits per heavy atom. The molecular weight excluding hydrogens is 308 g/mol. The average Bonchev–Trinajstić information content (AvgIpc) is 2.98. The number of rotatable bonds is 5. The van der Waals surface area contributed by atoms with Gasteiger partial charge in [0.15, 0.2) is 0 Å². The Kier molecular flexibility index (Phi) is 5.29. The summed E-state index contributed by atoms with van der Waals surface area (Å²) < 4.78 is 26.6. The summed E-state index contributed by atoms with van der Waals surface area (Å²) in [5, 5.41) is 2.87. The van der Waals surface area contributed by atoms with Gasteiger partial charge >= 0.3 is 0 Å². The molecule has 2 rings (SSSR count). The van der Waals surface area contributed by atoms with E-state index in [9.17, 15) is 13.2 Å². The summed E-state index contributed by atoms with van der Waals surface area (Å²) in [5.74, 6) is 0.596. The lowest BCUT2D eigenvalue weighted by molar-refractivity contribution is -0.124. The molecule has 1 aromatic carbocycles. The van der Waals surface area contributed by atoms with Crippen molar-refractivity contribution in [1.82, 2.24) is 9.62 Å². The lowest BCUT2D eigenvalue weighted by Crippen LogP contribution is -2.49. The molecule has 1 aromatic rings. The Hall–Kier alpha value is -1.05. The fourth-order valence-corrected chi connectivity index (χ4v) is 5.21. The molecule has 2 atom stereocenters. The fraction of sp³-hybridized carbons (Fsp3) is 0.500. The number of sulfonamides is 1. The third-order valence-electron chi connectivity index (χ3n) is 3.50. The lowest BCUT2D eigenvalue weighted by Gasteiger charge is -2.24. The van der Waals surface area contributed by atoms with Crippen LogP contribution in [0.2, 0.25) is 0 Å². The summed E-state index contributed by atoms with van der Waals surface area (Å²) in [6.07, 6.45) is 0.817. The van der Waals surface area contributed by atoms with Crippen LogP contribution in [0.15, 0.2) is 35.2 Å². The summed E-state index contributed by atoms with van der Waals surface area (Å²) in [4.78, 5) is 12.5. The number of benzene rings is 1. The predicted molar refractivity (Wildman–Crippen MR) is 84.5 cm³/mol. The number of nitrogens with one attached hydrogen (secondary N) is 1. The van der Waals surface area contributed by atoms with E-state index in [4.69, 9.17) is 0 Å². The normalized spacial score (nSPS) is 21.1. The molecule has 7 heteroatoms. The lowest BCUT2D eigenvalue weighted by atomic mass is 10.2. The molecule has 0 unspecified atom stereocenters. The third-order valence-corrected chi connectivity index (χ3v) is 6.54. The Bertz CT molecular complexity index is 589. The van der Waals surface area contributed by atoms with Crippen LogP contribution < -0.4 is 5.32 Å². The molecule has 1 N–H and O–H groups in total. The Morgan fingerprint density at radius 3 is 2.71 bits per heavy atom. The first-order chi connectivity index (χ1) is 9.96. The molecule has 1 saturated heterocycles. The molecule has 1 amide bonds. The topological polar surface area (TPSA) is 66.5 Å². The van der Waals surface area contributed by atoms with E-state index in [1.165, 1.54) is 16.1 Å². The standard InChI is InChI=1S/C14H20N2O3S2/c1-3-11(2)15-14(17)13-9-20-10-16(13)21(18,19)12-7-5-4-6-8-12/h4-8,11,13H,3,9-10H2,1-2H3,(H,15,17)/t11-,13-/m1/s1. The Morgan fingerprint density at radius 1 is 1.43 bits per heavy atom. The van der Waals surface area contributed by atoms with Crippen LogP contribution in [0, 0.1) is 0 Å². The Labute approximate surface area is 130 Å². The number of hydrogen-bond acceptors (Lipinski definition) is 4. The number of carbonyl (C=O) groups is 1. The van der Waals surface area contributed by atoms with Gasteiger partial charge in [0.05, 0.1) is 10.8 Å². The van der Waals surface area contributed by atoms with E-state index in [0.29, 0.717) is 11.6 Å². The van der Waals surface area contributed by atoms with Crippen LogP contribution in [0.3, 0.4) is 0 Å². The minimum Gasteiger partial charge on any atom is -0.352 e. The largest absolute Gasteiger partial charge is 0.352 e. The van der Waals surface area contributed by atoms with E-state index in [1.54, 1.807) is 30.3 Å². The van der Waals surface area contributed by atoms with Gasteiger partial charge in [-0.15, -0.1) is 11.8 Å². The third kappa shape index (κ3) is 3.59. The number of amides is 1. The maximum atomic E-state index is 12.6. The quantitative estimate of drug-likeness (QED) is 0.893. The van der Waals surface area contributed by atoms with E-state index in [2.05, 4.69) is 5.32 Å². The zero-order valence-electron chi connectivity index (χ0n) is 12.2. The maximum Gasteiger partial charge on any atom is 0.244 e. The van der Waals surface area contributed by atoms with Crippen molar-refractivity contribution in [3.63, 3.8) is 0 Å².